The summed E-state index contributed by atoms with van der Waals surface area (Å²) in [4.78, 5) is 25.5. The summed E-state index contributed by atoms with van der Waals surface area (Å²) in [5.41, 5.74) is 2.17. The van der Waals surface area contributed by atoms with Gasteiger partial charge in [-0.05, 0) is 36.6 Å². The number of amides is 2. The van der Waals surface area contributed by atoms with E-state index in [0.717, 1.165) is 18.4 Å². The van der Waals surface area contributed by atoms with E-state index in [-0.39, 0.29) is 6.61 Å². The van der Waals surface area contributed by atoms with Crippen LogP contribution in [0.15, 0.2) is 54.1 Å². The summed E-state index contributed by atoms with van der Waals surface area (Å²) < 4.78 is 16.8. The molecule has 7 heteroatoms. The topological polar surface area (TPSA) is 85.9 Å². The Hall–Kier alpha value is -3.48. The van der Waals surface area contributed by atoms with E-state index >= 15 is 0 Å². The molecule has 0 saturated heterocycles. The van der Waals surface area contributed by atoms with Gasteiger partial charge >= 0.3 is 12.0 Å². The number of urea groups is 1. The monoisotopic (exact) mass is 452 g/mol. The highest BCUT2D eigenvalue weighted by Crippen LogP contribution is 2.36. The average Bonchev–Trinajstić information content (AvgIpc) is 2.84. The van der Waals surface area contributed by atoms with Crippen molar-refractivity contribution in [2.75, 3.05) is 20.3 Å². The van der Waals surface area contributed by atoms with Gasteiger partial charge in [-0.2, -0.15) is 0 Å². The van der Waals surface area contributed by atoms with Crippen molar-refractivity contribution in [2.45, 2.75) is 45.6 Å². The van der Waals surface area contributed by atoms with Gasteiger partial charge in [0.25, 0.3) is 0 Å². The maximum absolute atomic E-state index is 13.0. The van der Waals surface area contributed by atoms with Crippen LogP contribution in [0, 0.1) is 0 Å². The number of carbonyl (C=O) groups excluding carboxylic acids is 2. The standard InChI is InChI=1S/C26H32N2O5/c1-4-6-7-11-16-33-20-15-14-19(17-21(20)31-3)24-22(25(29)32-5-2)23(27-26(30)28-24)18-12-9-8-10-13-18/h8-10,12-15,17,24H,4-7,11,16H2,1-3H3,(H2,27,28,30). The zero-order valence-corrected chi connectivity index (χ0v) is 19.5. The zero-order chi connectivity index (χ0) is 23.6. The van der Waals surface area contributed by atoms with Crippen LogP contribution in [0.5, 0.6) is 11.5 Å². The molecule has 33 heavy (non-hydrogen) atoms. The van der Waals surface area contributed by atoms with Crippen molar-refractivity contribution >= 4 is 17.7 Å². The first-order valence-electron chi connectivity index (χ1n) is 11.4. The second kappa shape index (κ2) is 11.9. The summed E-state index contributed by atoms with van der Waals surface area (Å²) in [6, 6.07) is 13.6. The molecule has 1 heterocycles. The number of methoxy groups -OCH3 is 1. The van der Waals surface area contributed by atoms with E-state index < -0.39 is 18.0 Å². The van der Waals surface area contributed by atoms with Gasteiger partial charge in [0.2, 0.25) is 0 Å². The molecule has 2 aromatic carbocycles. The summed E-state index contributed by atoms with van der Waals surface area (Å²) in [6.07, 6.45) is 4.44. The van der Waals surface area contributed by atoms with Crippen molar-refractivity contribution in [2.24, 2.45) is 0 Å². The Morgan fingerprint density at radius 2 is 1.79 bits per heavy atom. The molecular formula is C26H32N2O5. The first kappa shape index (κ1) is 24.2. The maximum atomic E-state index is 13.0. The third kappa shape index (κ3) is 6.06. The number of carbonyl (C=O) groups is 2. The van der Waals surface area contributed by atoms with E-state index in [9.17, 15) is 9.59 Å². The van der Waals surface area contributed by atoms with Crippen molar-refractivity contribution in [1.29, 1.82) is 0 Å². The lowest BCUT2D eigenvalue weighted by Gasteiger charge is -2.30. The number of hydrogen-bond acceptors (Lipinski definition) is 5. The van der Waals surface area contributed by atoms with Gasteiger partial charge in [-0.3, -0.25) is 0 Å². The molecule has 1 unspecified atom stereocenters. The highest BCUT2D eigenvalue weighted by Gasteiger charge is 2.34. The molecule has 1 aliphatic rings. The van der Waals surface area contributed by atoms with Crippen LogP contribution >= 0.6 is 0 Å². The number of hydrogen-bond donors (Lipinski definition) is 2. The first-order valence-corrected chi connectivity index (χ1v) is 11.4. The molecule has 2 amide bonds. The Labute approximate surface area is 195 Å². The molecule has 176 valence electrons. The predicted octanol–water partition coefficient (Wildman–Crippen LogP) is 4.98. The molecule has 0 bridgehead atoms. The van der Waals surface area contributed by atoms with Crippen LogP contribution < -0.4 is 20.1 Å². The lowest BCUT2D eigenvalue weighted by molar-refractivity contribution is -0.138. The molecule has 0 radical (unpaired) electrons. The van der Waals surface area contributed by atoms with Crippen molar-refractivity contribution < 1.29 is 23.8 Å². The number of benzene rings is 2. The minimum Gasteiger partial charge on any atom is -0.493 e. The lowest BCUT2D eigenvalue weighted by atomic mass is 9.92. The van der Waals surface area contributed by atoms with Crippen LogP contribution in [0.25, 0.3) is 5.70 Å². The Morgan fingerprint density at radius 1 is 1.00 bits per heavy atom. The average molecular weight is 453 g/mol. The minimum atomic E-state index is -0.708. The molecular weight excluding hydrogens is 420 g/mol. The van der Waals surface area contributed by atoms with Gasteiger partial charge in [-0.15, -0.1) is 0 Å². The molecule has 0 fully saturated rings. The van der Waals surface area contributed by atoms with Gasteiger partial charge in [-0.1, -0.05) is 62.6 Å². The highest BCUT2D eigenvalue weighted by atomic mass is 16.5. The first-order chi connectivity index (χ1) is 16.1. The van der Waals surface area contributed by atoms with Gasteiger partial charge < -0.3 is 24.8 Å². The van der Waals surface area contributed by atoms with Gasteiger partial charge in [0.1, 0.15) is 0 Å². The summed E-state index contributed by atoms with van der Waals surface area (Å²) >= 11 is 0. The second-order valence-corrected chi connectivity index (χ2v) is 7.73. The molecule has 0 spiro atoms. The summed E-state index contributed by atoms with van der Waals surface area (Å²) in [5, 5.41) is 5.63. The van der Waals surface area contributed by atoms with E-state index in [1.165, 1.54) is 12.8 Å². The smallest absolute Gasteiger partial charge is 0.338 e. The van der Waals surface area contributed by atoms with Crippen molar-refractivity contribution in [1.82, 2.24) is 10.6 Å². The van der Waals surface area contributed by atoms with E-state index in [4.69, 9.17) is 14.2 Å². The Balaban J connectivity index is 1.96. The van der Waals surface area contributed by atoms with Gasteiger partial charge in [0.15, 0.2) is 11.5 Å². The van der Waals surface area contributed by atoms with E-state index in [2.05, 4.69) is 17.6 Å². The van der Waals surface area contributed by atoms with Gasteiger partial charge in [0, 0.05) is 0 Å². The minimum absolute atomic E-state index is 0.221. The summed E-state index contributed by atoms with van der Waals surface area (Å²) in [7, 11) is 1.57. The fraction of sp³-hybridized carbons (Fsp3) is 0.385. The van der Waals surface area contributed by atoms with E-state index in [1.807, 2.05) is 42.5 Å². The molecule has 1 atom stereocenters. The number of esters is 1. The predicted molar refractivity (Wildman–Crippen MR) is 127 cm³/mol. The molecule has 2 aromatic rings. The summed E-state index contributed by atoms with van der Waals surface area (Å²) in [6.45, 7) is 4.75. The maximum Gasteiger partial charge on any atom is 0.338 e. The molecule has 0 aromatic heterocycles. The van der Waals surface area contributed by atoms with Gasteiger partial charge in [-0.25, -0.2) is 9.59 Å². The van der Waals surface area contributed by atoms with Crippen molar-refractivity contribution in [3.05, 3.63) is 65.2 Å². The third-order valence-electron chi connectivity index (χ3n) is 5.41. The number of unbranched alkanes of at least 4 members (excludes halogenated alkanes) is 3. The normalized spacial score (nSPS) is 15.5. The molecule has 2 N–H and O–H groups in total. The number of nitrogens with one attached hydrogen (secondary N) is 2. The van der Waals surface area contributed by atoms with Crippen LogP contribution in [-0.2, 0) is 9.53 Å². The second-order valence-electron chi connectivity index (χ2n) is 7.73. The molecule has 1 aliphatic heterocycles. The van der Waals surface area contributed by atoms with Crippen LogP contribution in [0.3, 0.4) is 0 Å². The Morgan fingerprint density at radius 3 is 2.48 bits per heavy atom. The molecule has 7 nitrogen and oxygen atoms in total. The van der Waals surface area contributed by atoms with Crippen LogP contribution in [0.1, 0.15) is 56.7 Å². The molecule has 3 rings (SSSR count). The van der Waals surface area contributed by atoms with Gasteiger partial charge in [0.05, 0.1) is 37.6 Å². The fourth-order valence-corrected chi connectivity index (χ4v) is 3.77. The Bertz CT molecular complexity index is 987. The SMILES string of the molecule is CCCCCCOc1ccc(C2NC(=O)NC(c3ccccc3)=C2C(=O)OCC)cc1OC. The van der Waals surface area contributed by atoms with Crippen LogP contribution in [0.2, 0.25) is 0 Å². The van der Waals surface area contributed by atoms with Crippen LogP contribution in [0.4, 0.5) is 4.79 Å². The zero-order valence-electron chi connectivity index (χ0n) is 19.5. The molecule has 0 saturated carbocycles. The van der Waals surface area contributed by atoms with Crippen molar-refractivity contribution in [3.8, 4) is 11.5 Å². The third-order valence-corrected chi connectivity index (χ3v) is 5.41. The fourth-order valence-electron chi connectivity index (χ4n) is 3.77. The largest absolute Gasteiger partial charge is 0.493 e. The highest BCUT2D eigenvalue weighted by molar-refractivity contribution is 6.04. The Kier molecular flexibility index (Phi) is 8.75. The summed E-state index contributed by atoms with van der Waals surface area (Å²) in [5.74, 6) is 0.673. The molecule has 0 aliphatic carbocycles. The number of ether oxygens (including phenoxy) is 3. The quantitative estimate of drug-likeness (QED) is 0.371. The van der Waals surface area contributed by atoms with Crippen LogP contribution in [-0.4, -0.2) is 32.3 Å². The van der Waals surface area contributed by atoms with E-state index in [1.54, 1.807) is 20.1 Å². The number of rotatable bonds is 11. The lowest BCUT2D eigenvalue weighted by Crippen LogP contribution is -2.45. The van der Waals surface area contributed by atoms with Crippen molar-refractivity contribution in [3.63, 3.8) is 0 Å². The van der Waals surface area contributed by atoms with E-state index in [0.29, 0.717) is 34.9 Å².